The van der Waals surface area contributed by atoms with E-state index in [1.54, 1.807) is 0 Å². The topological polar surface area (TPSA) is 59.0 Å². The van der Waals surface area contributed by atoms with Crippen LogP contribution in [0.4, 0.5) is 0 Å². The largest absolute Gasteiger partial charge is 0.479 e. The summed E-state index contributed by atoms with van der Waals surface area (Å²) < 4.78 is 11.3. The molecule has 2 unspecified atom stereocenters. The van der Waals surface area contributed by atoms with E-state index < -0.39 is 17.7 Å². The number of rotatable bonds is 3. The van der Waals surface area contributed by atoms with E-state index in [2.05, 4.69) is 4.90 Å². The number of aliphatic carboxylic acids is 1. The third kappa shape index (κ3) is 3.13. The van der Waals surface area contributed by atoms with Crippen molar-refractivity contribution in [3.05, 3.63) is 34.3 Å². The molecule has 6 heteroatoms. The Hall–Kier alpha value is -1.14. The molecule has 3 rings (SSSR count). The molecule has 1 aromatic carbocycles. The summed E-state index contributed by atoms with van der Waals surface area (Å²) in [5.74, 6) is -0.959. The standard InChI is InChI=1S/C16H20ClNO4/c1-11-3-2-4-13(17)12(11)7-18-6-5-16(9-18)10-21-8-14(22-16)15(19)20/h2-4,14H,5-10H2,1H3,(H,19,20). The fraction of sp³-hybridized carbons (Fsp3) is 0.562. The lowest BCUT2D eigenvalue weighted by Gasteiger charge is -2.36. The lowest BCUT2D eigenvalue weighted by Crippen LogP contribution is -2.51. The fourth-order valence-corrected chi connectivity index (χ4v) is 3.49. The minimum Gasteiger partial charge on any atom is -0.479 e. The van der Waals surface area contributed by atoms with Gasteiger partial charge in [0.2, 0.25) is 0 Å². The average molecular weight is 326 g/mol. The van der Waals surface area contributed by atoms with Gasteiger partial charge in [0.05, 0.1) is 13.2 Å². The summed E-state index contributed by atoms with van der Waals surface area (Å²) in [6.07, 6.45) is -0.0870. The maximum absolute atomic E-state index is 11.1. The van der Waals surface area contributed by atoms with E-state index in [9.17, 15) is 4.79 Å². The van der Waals surface area contributed by atoms with Crippen molar-refractivity contribution in [2.24, 2.45) is 0 Å². The molecule has 2 aliphatic heterocycles. The highest BCUT2D eigenvalue weighted by Crippen LogP contribution is 2.32. The van der Waals surface area contributed by atoms with Crippen molar-refractivity contribution in [3.63, 3.8) is 0 Å². The number of halogens is 1. The van der Waals surface area contributed by atoms with Crippen molar-refractivity contribution < 1.29 is 19.4 Å². The van der Waals surface area contributed by atoms with Crippen LogP contribution >= 0.6 is 11.6 Å². The first-order chi connectivity index (χ1) is 10.5. The summed E-state index contributed by atoms with van der Waals surface area (Å²) in [4.78, 5) is 13.4. The molecule has 2 aliphatic rings. The summed E-state index contributed by atoms with van der Waals surface area (Å²) in [5.41, 5.74) is 1.78. The van der Waals surface area contributed by atoms with Crippen molar-refractivity contribution in [2.45, 2.75) is 31.6 Å². The zero-order chi connectivity index (χ0) is 15.7. The number of carbonyl (C=O) groups is 1. The van der Waals surface area contributed by atoms with E-state index in [0.29, 0.717) is 13.2 Å². The van der Waals surface area contributed by atoms with Crippen molar-refractivity contribution >= 4 is 17.6 Å². The third-order valence-corrected chi connectivity index (χ3v) is 4.79. The van der Waals surface area contributed by atoms with Gasteiger partial charge in [0, 0.05) is 24.7 Å². The molecule has 0 amide bonds. The lowest BCUT2D eigenvalue weighted by molar-refractivity contribution is -0.206. The molecule has 2 saturated heterocycles. The molecule has 0 radical (unpaired) electrons. The van der Waals surface area contributed by atoms with E-state index in [0.717, 1.165) is 35.7 Å². The van der Waals surface area contributed by atoms with Gasteiger partial charge in [-0.15, -0.1) is 0 Å². The van der Waals surface area contributed by atoms with Gasteiger partial charge in [-0.1, -0.05) is 23.7 Å². The highest BCUT2D eigenvalue weighted by atomic mass is 35.5. The quantitative estimate of drug-likeness (QED) is 0.922. The second-order valence-corrected chi connectivity index (χ2v) is 6.55. The van der Waals surface area contributed by atoms with Crippen LogP contribution in [0.25, 0.3) is 0 Å². The Morgan fingerprint density at radius 2 is 2.36 bits per heavy atom. The van der Waals surface area contributed by atoms with Crippen molar-refractivity contribution in [2.75, 3.05) is 26.3 Å². The first-order valence-electron chi connectivity index (χ1n) is 7.44. The van der Waals surface area contributed by atoms with E-state index in [1.165, 1.54) is 0 Å². The summed E-state index contributed by atoms with van der Waals surface area (Å²) in [6.45, 7) is 4.89. The number of carboxylic acid groups (broad SMARTS) is 1. The summed E-state index contributed by atoms with van der Waals surface area (Å²) >= 11 is 6.29. The van der Waals surface area contributed by atoms with Crippen LogP contribution in [0, 0.1) is 6.92 Å². The van der Waals surface area contributed by atoms with Gasteiger partial charge in [-0.05, 0) is 30.5 Å². The second kappa shape index (κ2) is 6.16. The first kappa shape index (κ1) is 15.7. The average Bonchev–Trinajstić information content (AvgIpc) is 2.85. The molecule has 0 saturated carbocycles. The maximum atomic E-state index is 11.1. The Labute approximate surface area is 134 Å². The number of benzene rings is 1. The van der Waals surface area contributed by atoms with Crippen LogP contribution in [-0.2, 0) is 20.8 Å². The predicted molar refractivity (Wildman–Crippen MR) is 82.1 cm³/mol. The van der Waals surface area contributed by atoms with Crippen LogP contribution in [0.15, 0.2) is 18.2 Å². The highest BCUT2D eigenvalue weighted by molar-refractivity contribution is 6.31. The number of hydrogen-bond acceptors (Lipinski definition) is 4. The predicted octanol–water partition coefficient (Wildman–Crippen LogP) is 2.09. The van der Waals surface area contributed by atoms with Crippen molar-refractivity contribution in [3.8, 4) is 0 Å². The molecule has 2 heterocycles. The van der Waals surface area contributed by atoms with Crippen LogP contribution in [0.5, 0.6) is 0 Å². The Balaban J connectivity index is 1.68. The normalized spacial score (nSPS) is 29.1. The number of aryl methyl sites for hydroxylation is 1. The van der Waals surface area contributed by atoms with Crippen LogP contribution in [0.3, 0.4) is 0 Å². The van der Waals surface area contributed by atoms with Crippen LogP contribution in [0.1, 0.15) is 17.5 Å². The number of nitrogens with zero attached hydrogens (tertiary/aromatic N) is 1. The zero-order valence-electron chi connectivity index (χ0n) is 12.5. The fourth-order valence-electron chi connectivity index (χ4n) is 3.21. The molecule has 0 aromatic heterocycles. The molecular formula is C16H20ClNO4. The lowest BCUT2D eigenvalue weighted by atomic mass is 10.0. The van der Waals surface area contributed by atoms with Gasteiger partial charge >= 0.3 is 5.97 Å². The Morgan fingerprint density at radius 1 is 1.55 bits per heavy atom. The van der Waals surface area contributed by atoms with Gasteiger partial charge in [-0.2, -0.15) is 0 Å². The molecule has 5 nitrogen and oxygen atoms in total. The van der Waals surface area contributed by atoms with Crippen LogP contribution < -0.4 is 0 Å². The van der Waals surface area contributed by atoms with Crippen LogP contribution in [0.2, 0.25) is 5.02 Å². The maximum Gasteiger partial charge on any atom is 0.335 e. The molecule has 2 fully saturated rings. The summed E-state index contributed by atoms with van der Waals surface area (Å²) in [5, 5.41) is 9.89. The molecule has 1 spiro atoms. The Bertz CT molecular complexity index is 559. The Kier molecular flexibility index (Phi) is 4.41. The summed E-state index contributed by atoms with van der Waals surface area (Å²) in [6, 6.07) is 5.90. The number of carboxylic acids is 1. The highest BCUT2D eigenvalue weighted by Gasteiger charge is 2.45. The van der Waals surface area contributed by atoms with Gasteiger partial charge in [0.1, 0.15) is 5.60 Å². The molecule has 0 bridgehead atoms. The van der Waals surface area contributed by atoms with Crippen LogP contribution in [-0.4, -0.2) is 54.0 Å². The monoisotopic (exact) mass is 325 g/mol. The van der Waals surface area contributed by atoms with E-state index in [4.69, 9.17) is 26.2 Å². The number of hydrogen-bond donors (Lipinski definition) is 1. The molecule has 2 atom stereocenters. The molecular weight excluding hydrogens is 306 g/mol. The number of likely N-dealkylation sites (tertiary alicyclic amines) is 1. The minimum atomic E-state index is -0.959. The zero-order valence-corrected chi connectivity index (χ0v) is 13.3. The van der Waals surface area contributed by atoms with E-state index in [-0.39, 0.29) is 6.61 Å². The number of ether oxygens (including phenoxy) is 2. The van der Waals surface area contributed by atoms with Gasteiger partial charge in [0.25, 0.3) is 0 Å². The van der Waals surface area contributed by atoms with Gasteiger partial charge < -0.3 is 14.6 Å². The van der Waals surface area contributed by atoms with E-state index >= 15 is 0 Å². The minimum absolute atomic E-state index is 0.126. The van der Waals surface area contributed by atoms with Crippen molar-refractivity contribution in [1.29, 1.82) is 0 Å². The molecule has 120 valence electrons. The third-order valence-electron chi connectivity index (χ3n) is 4.43. The molecule has 1 aromatic rings. The van der Waals surface area contributed by atoms with Gasteiger partial charge in [-0.3, -0.25) is 4.90 Å². The second-order valence-electron chi connectivity index (χ2n) is 6.14. The van der Waals surface area contributed by atoms with Gasteiger partial charge in [0.15, 0.2) is 6.10 Å². The molecule has 0 aliphatic carbocycles. The van der Waals surface area contributed by atoms with Crippen molar-refractivity contribution in [1.82, 2.24) is 4.90 Å². The molecule has 22 heavy (non-hydrogen) atoms. The smallest absolute Gasteiger partial charge is 0.335 e. The SMILES string of the molecule is Cc1cccc(Cl)c1CN1CCC2(COCC(C(=O)O)O2)C1. The first-order valence-corrected chi connectivity index (χ1v) is 7.82. The van der Waals surface area contributed by atoms with E-state index in [1.807, 2.05) is 25.1 Å². The Morgan fingerprint density at radius 3 is 3.09 bits per heavy atom. The molecule has 1 N–H and O–H groups in total. The van der Waals surface area contributed by atoms with Gasteiger partial charge in [-0.25, -0.2) is 4.79 Å². The summed E-state index contributed by atoms with van der Waals surface area (Å²) in [7, 11) is 0.